The molecule has 6 nitrogen and oxygen atoms in total. The predicted octanol–water partition coefficient (Wildman–Crippen LogP) is 1.45. The third-order valence-corrected chi connectivity index (χ3v) is 4.64. The number of rotatable bonds is 2. The molecule has 0 atom stereocenters. The highest BCUT2D eigenvalue weighted by Gasteiger charge is 2.24. The van der Waals surface area contributed by atoms with Crippen LogP contribution in [0.4, 0.5) is 5.69 Å². The summed E-state index contributed by atoms with van der Waals surface area (Å²) in [6.45, 7) is 2.45. The average molecular weight is 325 g/mol. The van der Waals surface area contributed by atoms with Crippen molar-refractivity contribution in [3.63, 3.8) is 0 Å². The Kier molecular flexibility index (Phi) is 3.94. The maximum Gasteiger partial charge on any atom is 0.285 e. The van der Waals surface area contributed by atoms with Crippen LogP contribution in [-0.2, 0) is 0 Å². The summed E-state index contributed by atoms with van der Waals surface area (Å²) in [5.74, 6) is 0.0554. The number of thiophene rings is 1. The van der Waals surface area contributed by atoms with E-state index in [1.807, 2.05) is 27.3 Å². The molecule has 0 aromatic carbocycles. The lowest BCUT2D eigenvalue weighted by molar-refractivity contribution is 0.0751. The SMILES string of the molecule is O=C(c1cccs1)N1CCN(c2cn[nH]c(=O)c2Cl)CC1. The molecule has 0 saturated carbocycles. The van der Waals surface area contributed by atoms with Crippen LogP contribution < -0.4 is 10.5 Å². The molecule has 1 saturated heterocycles. The molecule has 1 fully saturated rings. The van der Waals surface area contributed by atoms with Crippen molar-refractivity contribution in [1.82, 2.24) is 15.1 Å². The van der Waals surface area contributed by atoms with Crippen LogP contribution >= 0.6 is 22.9 Å². The minimum atomic E-state index is -0.397. The largest absolute Gasteiger partial charge is 0.365 e. The summed E-state index contributed by atoms with van der Waals surface area (Å²) < 4.78 is 0. The highest BCUT2D eigenvalue weighted by atomic mass is 35.5. The maximum absolute atomic E-state index is 12.2. The number of hydrogen-bond donors (Lipinski definition) is 1. The van der Waals surface area contributed by atoms with Gasteiger partial charge in [-0.1, -0.05) is 17.7 Å². The van der Waals surface area contributed by atoms with Crippen LogP contribution in [0.3, 0.4) is 0 Å². The highest BCUT2D eigenvalue weighted by molar-refractivity contribution is 7.12. The lowest BCUT2D eigenvalue weighted by Gasteiger charge is -2.35. The van der Waals surface area contributed by atoms with Crippen molar-refractivity contribution >= 4 is 34.5 Å². The first-order valence-corrected chi connectivity index (χ1v) is 7.73. The Bertz CT molecular complexity index is 692. The molecule has 0 unspecified atom stereocenters. The number of aromatic amines is 1. The van der Waals surface area contributed by atoms with Crippen LogP contribution in [0.1, 0.15) is 9.67 Å². The van der Waals surface area contributed by atoms with Gasteiger partial charge in [-0.05, 0) is 11.4 Å². The molecular weight excluding hydrogens is 312 g/mol. The van der Waals surface area contributed by atoms with Gasteiger partial charge in [0, 0.05) is 26.2 Å². The molecule has 3 heterocycles. The van der Waals surface area contributed by atoms with E-state index >= 15 is 0 Å². The summed E-state index contributed by atoms with van der Waals surface area (Å²) in [5, 5.41) is 8.11. The second-order valence-electron chi connectivity index (χ2n) is 4.65. The average Bonchev–Trinajstić information content (AvgIpc) is 3.04. The molecule has 0 aliphatic carbocycles. The van der Waals surface area contributed by atoms with E-state index in [4.69, 9.17) is 11.6 Å². The summed E-state index contributed by atoms with van der Waals surface area (Å²) in [5.41, 5.74) is 0.217. The number of H-pyrrole nitrogens is 1. The number of carbonyl (C=O) groups is 1. The number of hydrogen-bond acceptors (Lipinski definition) is 5. The summed E-state index contributed by atoms with van der Waals surface area (Å²) in [7, 11) is 0. The van der Waals surface area contributed by atoms with E-state index in [-0.39, 0.29) is 10.9 Å². The van der Waals surface area contributed by atoms with Gasteiger partial charge in [-0.15, -0.1) is 11.3 Å². The van der Waals surface area contributed by atoms with Crippen molar-refractivity contribution in [3.8, 4) is 0 Å². The summed E-state index contributed by atoms with van der Waals surface area (Å²) >= 11 is 7.45. The van der Waals surface area contributed by atoms with E-state index in [1.165, 1.54) is 11.3 Å². The van der Waals surface area contributed by atoms with Crippen molar-refractivity contribution in [3.05, 3.63) is 44.0 Å². The van der Waals surface area contributed by atoms with Crippen molar-refractivity contribution < 1.29 is 4.79 Å². The minimum Gasteiger partial charge on any atom is -0.365 e. The van der Waals surface area contributed by atoms with E-state index in [9.17, 15) is 9.59 Å². The zero-order valence-corrected chi connectivity index (χ0v) is 12.7. The number of amides is 1. The van der Waals surface area contributed by atoms with E-state index in [1.54, 1.807) is 6.20 Å². The third kappa shape index (κ3) is 2.79. The number of anilines is 1. The molecule has 2 aromatic heterocycles. The summed E-state index contributed by atoms with van der Waals surface area (Å²) in [6.07, 6.45) is 1.54. The van der Waals surface area contributed by atoms with Gasteiger partial charge < -0.3 is 9.80 Å². The van der Waals surface area contributed by atoms with Crippen molar-refractivity contribution in [2.24, 2.45) is 0 Å². The monoisotopic (exact) mass is 324 g/mol. The highest BCUT2D eigenvalue weighted by Crippen LogP contribution is 2.22. The van der Waals surface area contributed by atoms with Crippen LogP contribution in [-0.4, -0.2) is 47.2 Å². The Morgan fingerprint density at radius 2 is 2.10 bits per heavy atom. The van der Waals surface area contributed by atoms with Crippen LogP contribution in [0, 0.1) is 0 Å². The van der Waals surface area contributed by atoms with Gasteiger partial charge in [-0.2, -0.15) is 5.10 Å². The quantitative estimate of drug-likeness (QED) is 0.907. The smallest absolute Gasteiger partial charge is 0.285 e. The van der Waals surface area contributed by atoms with Gasteiger partial charge in [0.15, 0.2) is 0 Å². The lowest BCUT2D eigenvalue weighted by Crippen LogP contribution is -2.49. The molecule has 3 rings (SSSR count). The van der Waals surface area contributed by atoms with Gasteiger partial charge in [0.1, 0.15) is 5.02 Å². The molecular formula is C13H13ClN4O2S. The van der Waals surface area contributed by atoms with Gasteiger partial charge >= 0.3 is 0 Å². The van der Waals surface area contributed by atoms with Crippen LogP contribution in [0.2, 0.25) is 5.02 Å². The minimum absolute atomic E-state index is 0.0554. The van der Waals surface area contributed by atoms with Crippen LogP contribution in [0.5, 0.6) is 0 Å². The first-order chi connectivity index (χ1) is 10.2. The van der Waals surface area contributed by atoms with Crippen molar-refractivity contribution in [1.29, 1.82) is 0 Å². The number of nitrogens with one attached hydrogen (secondary N) is 1. The number of aromatic nitrogens is 2. The molecule has 110 valence electrons. The molecule has 1 amide bonds. The number of halogens is 1. The Hall–Kier alpha value is -1.86. The Labute approximate surface area is 130 Å². The molecule has 21 heavy (non-hydrogen) atoms. The second kappa shape index (κ2) is 5.87. The van der Waals surface area contributed by atoms with Gasteiger partial charge in [-0.25, -0.2) is 5.10 Å². The van der Waals surface area contributed by atoms with Crippen molar-refractivity contribution in [2.45, 2.75) is 0 Å². The molecule has 2 aromatic rings. The Morgan fingerprint density at radius 3 is 2.76 bits per heavy atom. The van der Waals surface area contributed by atoms with E-state index in [0.717, 1.165) is 4.88 Å². The number of piperazine rings is 1. The fourth-order valence-electron chi connectivity index (χ4n) is 2.30. The first kappa shape index (κ1) is 14.1. The second-order valence-corrected chi connectivity index (χ2v) is 5.98. The normalized spacial score (nSPS) is 15.3. The van der Waals surface area contributed by atoms with E-state index in [2.05, 4.69) is 10.2 Å². The molecule has 1 N–H and O–H groups in total. The van der Waals surface area contributed by atoms with Crippen LogP contribution in [0.25, 0.3) is 0 Å². The van der Waals surface area contributed by atoms with E-state index in [0.29, 0.717) is 31.9 Å². The van der Waals surface area contributed by atoms with Crippen LogP contribution in [0.15, 0.2) is 28.5 Å². The van der Waals surface area contributed by atoms with E-state index < -0.39 is 5.56 Å². The molecule has 8 heteroatoms. The zero-order chi connectivity index (χ0) is 14.8. The van der Waals surface area contributed by atoms with Gasteiger partial charge in [0.25, 0.3) is 11.5 Å². The maximum atomic E-state index is 12.2. The number of carbonyl (C=O) groups excluding carboxylic acids is 1. The fourth-order valence-corrected chi connectivity index (χ4v) is 3.20. The molecule has 0 radical (unpaired) electrons. The summed E-state index contributed by atoms with van der Waals surface area (Å²) in [6, 6.07) is 3.70. The van der Waals surface area contributed by atoms with Gasteiger partial charge in [0.05, 0.1) is 16.8 Å². The Balaban J connectivity index is 1.69. The molecule has 1 aliphatic heterocycles. The van der Waals surface area contributed by atoms with Gasteiger partial charge in [-0.3, -0.25) is 9.59 Å². The topological polar surface area (TPSA) is 69.3 Å². The fraction of sp³-hybridized carbons (Fsp3) is 0.308. The molecule has 0 spiro atoms. The standard InChI is InChI=1S/C13H13ClN4O2S/c14-11-9(8-15-16-12(11)19)17-3-5-18(6-4-17)13(20)10-2-1-7-21-10/h1-2,7-8H,3-6H2,(H,16,19). The van der Waals surface area contributed by atoms with Crippen molar-refractivity contribution in [2.75, 3.05) is 31.1 Å². The summed E-state index contributed by atoms with van der Waals surface area (Å²) in [4.78, 5) is 28.3. The third-order valence-electron chi connectivity index (χ3n) is 3.42. The predicted molar refractivity (Wildman–Crippen MR) is 82.3 cm³/mol. The van der Waals surface area contributed by atoms with Gasteiger partial charge in [0.2, 0.25) is 0 Å². The number of nitrogens with zero attached hydrogens (tertiary/aromatic N) is 3. The first-order valence-electron chi connectivity index (χ1n) is 6.48. The lowest BCUT2D eigenvalue weighted by atomic mass is 10.2. The Morgan fingerprint density at radius 1 is 1.33 bits per heavy atom. The molecule has 1 aliphatic rings. The molecule has 0 bridgehead atoms. The zero-order valence-electron chi connectivity index (χ0n) is 11.1.